The topological polar surface area (TPSA) is 58.7 Å². The predicted molar refractivity (Wildman–Crippen MR) is 64.6 cm³/mol. The Morgan fingerprint density at radius 3 is 3.12 bits per heavy atom. The van der Waals surface area contributed by atoms with Gasteiger partial charge < -0.3 is 20.5 Å². The molecule has 88 valence electrons. The molecule has 1 aromatic carbocycles. The highest BCUT2D eigenvalue weighted by molar-refractivity contribution is 5.64. The van der Waals surface area contributed by atoms with Crippen LogP contribution in [0, 0.1) is 6.92 Å². The number of aliphatic hydroxyl groups is 1. The molecule has 0 amide bonds. The number of nitrogens with two attached hydrogens (primary N) is 1. The zero-order valence-electron chi connectivity index (χ0n) is 9.52. The molecule has 1 fully saturated rings. The van der Waals surface area contributed by atoms with Crippen LogP contribution in [0.3, 0.4) is 0 Å². The van der Waals surface area contributed by atoms with Gasteiger partial charge >= 0.3 is 0 Å². The van der Waals surface area contributed by atoms with Crippen molar-refractivity contribution in [3.8, 4) is 0 Å². The summed E-state index contributed by atoms with van der Waals surface area (Å²) in [6, 6.07) is 5.92. The highest BCUT2D eigenvalue weighted by Gasteiger charge is 2.23. The highest BCUT2D eigenvalue weighted by Crippen LogP contribution is 2.27. The Kier molecular flexibility index (Phi) is 3.31. The number of hydrogen-bond donors (Lipinski definition) is 2. The molecule has 1 aliphatic heterocycles. The average molecular weight is 222 g/mol. The smallest absolute Gasteiger partial charge is 0.0755 e. The van der Waals surface area contributed by atoms with Crippen molar-refractivity contribution in [2.45, 2.75) is 13.0 Å². The summed E-state index contributed by atoms with van der Waals surface area (Å²) >= 11 is 0. The molecule has 0 saturated carbocycles. The number of aliphatic hydroxyl groups excluding tert-OH is 1. The van der Waals surface area contributed by atoms with Crippen molar-refractivity contribution in [3.63, 3.8) is 0 Å². The summed E-state index contributed by atoms with van der Waals surface area (Å²) in [5, 5.41) is 9.33. The molecule has 1 saturated heterocycles. The normalized spacial score (nSPS) is 21.1. The first-order valence-corrected chi connectivity index (χ1v) is 5.54. The zero-order valence-corrected chi connectivity index (χ0v) is 9.52. The molecule has 1 aromatic rings. The second-order valence-corrected chi connectivity index (χ2v) is 4.10. The summed E-state index contributed by atoms with van der Waals surface area (Å²) in [5.41, 5.74) is 8.86. The lowest BCUT2D eigenvalue weighted by Crippen LogP contribution is -2.48. The fraction of sp³-hybridized carbons (Fsp3) is 0.500. The maximum atomic E-state index is 9.33. The van der Waals surface area contributed by atoms with Crippen LogP contribution in [0.4, 0.5) is 11.4 Å². The summed E-state index contributed by atoms with van der Waals surface area (Å²) in [5.74, 6) is 0. The summed E-state index contributed by atoms with van der Waals surface area (Å²) < 4.78 is 5.36. The van der Waals surface area contributed by atoms with E-state index in [0.717, 1.165) is 23.5 Å². The number of nitrogens with zero attached hydrogens (tertiary/aromatic N) is 1. The van der Waals surface area contributed by atoms with Gasteiger partial charge in [-0.1, -0.05) is 6.07 Å². The van der Waals surface area contributed by atoms with Gasteiger partial charge in [-0.25, -0.2) is 0 Å². The average Bonchev–Trinajstić information content (AvgIpc) is 2.33. The van der Waals surface area contributed by atoms with Crippen molar-refractivity contribution < 1.29 is 9.84 Å². The summed E-state index contributed by atoms with van der Waals surface area (Å²) in [7, 11) is 0. The third-order valence-electron chi connectivity index (χ3n) is 3.09. The van der Waals surface area contributed by atoms with E-state index in [1.807, 2.05) is 25.1 Å². The van der Waals surface area contributed by atoms with Gasteiger partial charge in [0.1, 0.15) is 0 Å². The largest absolute Gasteiger partial charge is 0.398 e. The lowest BCUT2D eigenvalue weighted by atomic mass is 10.1. The van der Waals surface area contributed by atoms with Gasteiger partial charge in [0, 0.05) is 17.9 Å². The number of benzene rings is 1. The van der Waals surface area contributed by atoms with Crippen LogP contribution in [0.25, 0.3) is 0 Å². The molecule has 0 spiro atoms. The summed E-state index contributed by atoms with van der Waals surface area (Å²) in [6.45, 7) is 4.19. The van der Waals surface area contributed by atoms with Crippen molar-refractivity contribution in [3.05, 3.63) is 23.8 Å². The molecular weight excluding hydrogens is 204 g/mol. The van der Waals surface area contributed by atoms with Gasteiger partial charge in [0.2, 0.25) is 0 Å². The molecule has 1 heterocycles. The third kappa shape index (κ3) is 1.99. The van der Waals surface area contributed by atoms with Crippen LogP contribution >= 0.6 is 0 Å². The standard InChI is InChI=1S/C12H18N2O2/c1-9-11(13)3-2-4-12(9)14-5-6-16-8-10(14)7-15/h2-4,10,15H,5-8,13H2,1H3. The quantitative estimate of drug-likeness (QED) is 0.726. The van der Waals surface area contributed by atoms with Crippen LogP contribution < -0.4 is 10.6 Å². The van der Waals surface area contributed by atoms with Gasteiger partial charge in [0.05, 0.1) is 25.9 Å². The Morgan fingerprint density at radius 1 is 1.56 bits per heavy atom. The van der Waals surface area contributed by atoms with E-state index in [1.54, 1.807) is 0 Å². The van der Waals surface area contributed by atoms with E-state index in [0.29, 0.717) is 13.2 Å². The van der Waals surface area contributed by atoms with Crippen LogP contribution in [0.1, 0.15) is 5.56 Å². The van der Waals surface area contributed by atoms with E-state index in [9.17, 15) is 5.11 Å². The highest BCUT2D eigenvalue weighted by atomic mass is 16.5. The molecule has 0 bridgehead atoms. The molecule has 2 rings (SSSR count). The Labute approximate surface area is 95.6 Å². The molecule has 1 aliphatic rings. The van der Waals surface area contributed by atoms with Crippen molar-refractivity contribution in [1.29, 1.82) is 0 Å². The van der Waals surface area contributed by atoms with Crippen molar-refractivity contribution in [1.82, 2.24) is 0 Å². The lowest BCUT2D eigenvalue weighted by molar-refractivity contribution is 0.0726. The maximum Gasteiger partial charge on any atom is 0.0755 e. The summed E-state index contributed by atoms with van der Waals surface area (Å²) in [4.78, 5) is 2.18. The van der Waals surface area contributed by atoms with Crippen LogP contribution in [-0.2, 0) is 4.74 Å². The molecule has 4 heteroatoms. The minimum absolute atomic E-state index is 0.0363. The third-order valence-corrected chi connectivity index (χ3v) is 3.09. The Hall–Kier alpha value is -1.26. The number of hydrogen-bond acceptors (Lipinski definition) is 4. The van der Waals surface area contributed by atoms with E-state index >= 15 is 0 Å². The van der Waals surface area contributed by atoms with Crippen LogP contribution in [0.5, 0.6) is 0 Å². The number of anilines is 2. The summed E-state index contributed by atoms with van der Waals surface area (Å²) in [6.07, 6.45) is 0. The Bertz CT molecular complexity index is 368. The fourth-order valence-corrected chi connectivity index (χ4v) is 2.08. The molecule has 16 heavy (non-hydrogen) atoms. The van der Waals surface area contributed by atoms with Crippen LogP contribution in [0.2, 0.25) is 0 Å². The van der Waals surface area contributed by atoms with Crippen LogP contribution in [-0.4, -0.2) is 37.5 Å². The van der Waals surface area contributed by atoms with E-state index in [4.69, 9.17) is 10.5 Å². The molecule has 0 radical (unpaired) electrons. The Morgan fingerprint density at radius 2 is 2.38 bits per heavy atom. The van der Waals surface area contributed by atoms with Crippen molar-refractivity contribution in [2.24, 2.45) is 0 Å². The first-order valence-electron chi connectivity index (χ1n) is 5.54. The van der Waals surface area contributed by atoms with Gasteiger partial charge in [-0.05, 0) is 24.6 Å². The SMILES string of the molecule is Cc1c(N)cccc1N1CCOCC1CO. The molecule has 1 atom stereocenters. The molecular formula is C12H18N2O2. The van der Waals surface area contributed by atoms with Crippen molar-refractivity contribution >= 4 is 11.4 Å². The fourth-order valence-electron chi connectivity index (χ4n) is 2.08. The number of nitrogen functional groups attached to an aromatic ring is 1. The van der Waals surface area contributed by atoms with Gasteiger partial charge in [-0.3, -0.25) is 0 Å². The lowest BCUT2D eigenvalue weighted by Gasteiger charge is -2.37. The van der Waals surface area contributed by atoms with E-state index in [-0.39, 0.29) is 12.6 Å². The molecule has 1 unspecified atom stereocenters. The monoisotopic (exact) mass is 222 g/mol. The molecule has 3 N–H and O–H groups in total. The number of morpholine rings is 1. The second-order valence-electron chi connectivity index (χ2n) is 4.10. The molecule has 4 nitrogen and oxygen atoms in total. The molecule has 0 aromatic heterocycles. The van der Waals surface area contributed by atoms with Gasteiger partial charge in [-0.15, -0.1) is 0 Å². The predicted octanol–water partition coefficient (Wildman–Crippen LogP) is 0.775. The first-order chi connectivity index (χ1) is 7.74. The minimum atomic E-state index is 0.0363. The first kappa shape index (κ1) is 11.2. The van der Waals surface area contributed by atoms with Crippen LogP contribution in [0.15, 0.2) is 18.2 Å². The van der Waals surface area contributed by atoms with Gasteiger partial charge in [0.25, 0.3) is 0 Å². The number of rotatable bonds is 2. The van der Waals surface area contributed by atoms with E-state index < -0.39 is 0 Å². The number of ether oxygens (including phenoxy) is 1. The van der Waals surface area contributed by atoms with Crippen molar-refractivity contribution in [2.75, 3.05) is 37.0 Å². The second kappa shape index (κ2) is 4.72. The molecule has 0 aliphatic carbocycles. The minimum Gasteiger partial charge on any atom is -0.398 e. The van der Waals surface area contributed by atoms with Gasteiger partial charge in [0.15, 0.2) is 0 Å². The van der Waals surface area contributed by atoms with E-state index in [1.165, 1.54) is 0 Å². The van der Waals surface area contributed by atoms with E-state index in [2.05, 4.69) is 4.90 Å². The maximum absolute atomic E-state index is 9.33. The zero-order chi connectivity index (χ0) is 11.5. The van der Waals surface area contributed by atoms with Gasteiger partial charge in [-0.2, -0.15) is 0 Å². The Balaban J connectivity index is 2.30.